The molecule has 0 aliphatic heterocycles. The summed E-state index contributed by atoms with van der Waals surface area (Å²) in [5, 5.41) is 8.28. The Kier molecular flexibility index (Phi) is 51.4. The zero-order valence-corrected chi connectivity index (χ0v) is 31.5. The number of esters is 1. The molecule has 0 bridgehead atoms. The fourth-order valence-corrected chi connectivity index (χ4v) is 6.16. The molecule has 43 heavy (non-hydrogen) atoms. The van der Waals surface area contributed by atoms with Crippen molar-refractivity contribution in [1.29, 1.82) is 0 Å². The first-order valence-corrected chi connectivity index (χ1v) is 20.7. The summed E-state index contributed by atoms with van der Waals surface area (Å²) >= 11 is 8.42. The predicted molar refractivity (Wildman–Crippen MR) is 197 cm³/mol. The molecule has 0 fully saturated rings. The lowest BCUT2D eigenvalue weighted by molar-refractivity contribution is -0.140. The lowest BCUT2D eigenvalue weighted by Gasteiger charge is -2.03. The van der Waals surface area contributed by atoms with Gasteiger partial charge in [-0.3, -0.25) is 9.59 Å². The third-order valence-corrected chi connectivity index (χ3v) is 9.13. The van der Waals surface area contributed by atoms with E-state index < -0.39 is 0 Å². The van der Waals surface area contributed by atoms with E-state index in [9.17, 15) is 9.59 Å². The quantitative estimate of drug-likeness (QED) is 0.0450. The Morgan fingerprint density at radius 2 is 0.791 bits per heavy atom. The molecule has 0 amide bonds. The zero-order chi connectivity index (χ0) is 32.5. The molecule has 0 rings (SSSR count). The molecule has 7 heteroatoms. The summed E-state index contributed by atoms with van der Waals surface area (Å²) in [7, 11) is 0. The van der Waals surface area contributed by atoms with Crippen LogP contribution in [0.2, 0.25) is 0 Å². The normalized spacial score (nSPS) is 10.5. The van der Waals surface area contributed by atoms with Gasteiger partial charge in [0, 0.05) is 25.4 Å². The van der Waals surface area contributed by atoms with Crippen LogP contribution >= 0.6 is 35.1 Å². The molecule has 0 spiro atoms. The van der Waals surface area contributed by atoms with E-state index in [0.29, 0.717) is 13.2 Å². The van der Waals surface area contributed by atoms with Crippen LogP contribution in [0.5, 0.6) is 0 Å². The number of carbonyl (C=O) groups excluding carboxylic acids is 2. The molecule has 0 heterocycles. The number of carbonyl (C=O) groups is 2. The van der Waals surface area contributed by atoms with Gasteiger partial charge in [-0.05, 0) is 35.9 Å². The SMILES string of the molecule is CC(=O)Cl.CCCCCCCCCCCCCCSCCO.CCCCCCCCCCCCCCSCCOC(C)=O. The summed E-state index contributed by atoms with van der Waals surface area (Å²) in [6.07, 6.45) is 33.9. The van der Waals surface area contributed by atoms with Gasteiger partial charge in [-0.2, -0.15) is 23.5 Å². The maximum Gasteiger partial charge on any atom is 0.302 e. The molecular weight excluding hydrogens is 596 g/mol. The first-order valence-electron chi connectivity index (χ1n) is 18.0. The highest BCUT2D eigenvalue weighted by atomic mass is 35.5. The van der Waals surface area contributed by atoms with Crippen molar-refractivity contribution in [3.63, 3.8) is 0 Å². The third kappa shape index (κ3) is 61.8. The molecular formula is C36H73ClO4S2. The summed E-state index contributed by atoms with van der Waals surface area (Å²) in [5.41, 5.74) is 0. The molecule has 0 aromatic carbocycles. The highest BCUT2D eigenvalue weighted by molar-refractivity contribution is 7.99. The minimum Gasteiger partial charge on any atom is -0.465 e. The van der Waals surface area contributed by atoms with Gasteiger partial charge in [0.05, 0.1) is 6.61 Å². The van der Waals surface area contributed by atoms with Gasteiger partial charge in [0.15, 0.2) is 0 Å². The van der Waals surface area contributed by atoms with Gasteiger partial charge in [-0.1, -0.05) is 155 Å². The Bertz CT molecular complexity index is 503. The lowest BCUT2D eigenvalue weighted by Crippen LogP contribution is -2.02. The molecule has 0 aliphatic carbocycles. The van der Waals surface area contributed by atoms with Crippen molar-refractivity contribution in [2.75, 3.05) is 36.2 Å². The van der Waals surface area contributed by atoms with Crippen molar-refractivity contribution >= 4 is 46.3 Å². The molecule has 260 valence electrons. The number of thioether (sulfide) groups is 2. The topological polar surface area (TPSA) is 63.6 Å². The predicted octanol–water partition coefficient (Wildman–Crippen LogP) is 12.2. The van der Waals surface area contributed by atoms with Crippen LogP contribution in [0.25, 0.3) is 0 Å². The van der Waals surface area contributed by atoms with Crippen LogP contribution in [-0.2, 0) is 14.3 Å². The van der Waals surface area contributed by atoms with E-state index in [4.69, 9.17) is 9.84 Å². The number of hydrogen-bond donors (Lipinski definition) is 1. The molecule has 1 N–H and O–H groups in total. The van der Waals surface area contributed by atoms with Crippen molar-refractivity contribution in [3.05, 3.63) is 0 Å². The standard InChI is InChI=1S/C18H36O2S.C16H34OS.C2H3ClO/c1-3-4-5-6-7-8-9-10-11-12-13-14-16-21-17-15-20-18(2)19;1-2-3-4-5-6-7-8-9-10-11-12-13-15-18-16-14-17;1-2(3)4/h3-17H2,1-2H3;17H,2-16H2,1H3;1H3. The Morgan fingerprint density at radius 3 is 1.07 bits per heavy atom. The average molecular weight is 670 g/mol. The van der Waals surface area contributed by atoms with Crippen molar-refractivity contribution in [2.45, 2.75) is 182 Å². The summed E-state index contributed by atoms with van der Waals surface area (Å²) < 4.78 is 4.90. The highest BCUT2D eigenvalue weighted by Gasteiger charge is 1.96. The van der Waals surface area contributed by atoms with Crippen molar-refractivity contribution in [3.8, 4) is 0 Å². The van der Waals surface area contributed by atoms with E-state index in [-0.39, 0.29) is 11.2 Å². The van der Waals surface area contributed by atoms with Gasteiger partial charge in [-0.25, -0.2) is 0 Å². The summed E-state index contributed by atoms with van der Waals surface area (Å²) in [5.74, 6) is 4.13. The van der Waals surface area contributed by atoms with Crippen LogP contribution in [0.1, 0.15) is 182 Å². The Labute approximate surface area is 282 Å². The van der Waals surface area contributed by atoms with E-state index in [1.165, 1.54) is 179 Å². The van der Waals surface area contributed by atoms with Crippen LogP contribution in [0.15, 0.2) is 0 Å². The van der Waals surface area contributed by atoms with Gasteiger partial charge in [-0.15, -0.1) is 0 Å². The molecule has 0 unspecified atom stereocenters. The largest absolute Gasteiger partial charge is 0.465 e. The number of aliphatic hydroxyl groups excluding tert-OH is 1. The van der Waals surface area contributed by atoms with Gasteiger partial charge < -0.3 is 9.84 Å². The van der Waals surface area contributed by atoms with E-state index in [1.807, 2.05) is 23.5 Å². The van der Waals surface area contributed by atoms with Gasteiger partial charge in [0.2, 0.25) is 5.24 Å². The molecule has 4 nitrogen and oxygen atoms in total. The molecule has 0 atom stereocenters. The van der Waals surface area contributed by atoms with Crippen molar-refractivity contribution in [1.82, 2.24) is 0 Å². The first-order chi connectivity index (χ1) is 20.9. The fraction of sp³-hybridized carbons (Fsp3) is 0.944. The maximum absolute atomic E-state index is 10.6. The van der Waals surface area contributed by atoms with Crippen LogP contribution in [-0.4, -0.2) is 52.5 Å². The molecule has 0 saturated heterocycles. The van der Waals surface area contributed by atoms with E-state index >= 15 is 0 Å². The van der Waals surface area contributed by atoms with Crippen LogP contribution < -0.4 is 0 Å². The highest BCUT2D eigenvalue weighted by Crippen LogP contribution is 2.14. The van der Waals surface area contributed by atoms with E-state index in [0.717, 1.165) is 11.5 Å². The number of aliphatic hydroxyl groups is 1. The fourth-order valence-electron chi connectivity index (χ4n) is 4.60. The lowest BCUT2D eigenvalue weighted by atomic mass is 10.1. The second kappa shape index (κ2) is 46.5. The Morgan fingerprint density at radius 1 is 0.512 bits per heavy atom. The zero-order valence-electron chi connectivity index (χ0n) is 29.1. The number of halogens is 1. The van der Waals surface area contributed by atoms with Gasteiger partial charge >= 0.3 is 5.97 Å². The summed E-state index contributed by atoms with van der Waals surface area (Å²) in [6.45, 7) is 8.22. The van der Waals surface area contributed by atoms with Gasteiger partial charge in [0.25, 0.3) is 0 Å². The number of hydrogen-bond acceptors (Lipinski definition) is 6. The Hall–Kier alpha value is 0.0900. The number of ether oxygens (including phenoxy) is 1. The van der Waals surface area contributed by atoms with Crippen LogP contribution in [0.3, 0.4) is 0 Å². The van der Waals surface area contributed by atoms with Crippen LogP contribution in [0.4, 0.5) is 0 Å². The molecule has 0 aromatic heterocycles. The summed E-state index contributed by atoms with van der Waals surface area (Å²) in [4.78, 5) is 19.8. The molecule has 0 saturated carbocycles. The minimum atomic E-state index is -0.361. The Balaban J connectivity index is -0.000000666. The van der Waals surface area contributed by atoms with E-state index in [2.05, 4.69) is 25.4 Å². The number of unbranched alkanes of at least 4 members (excludes halogenated alkanes) is 22. The second-order valence-electron chi connectivity index (χ2n) is 11.5. The summed E-state index contributed by atoms with van der Waals surface area (Å²) in [6, 6.07) is 0. The van der Waals surface area contributed by atoms with Crippen molar-refractivity contribution in [2.24, 2.45) is 0 Å². The maximum atomic E-state index is 10.6. The molecule has 0 aromatic rings. The molecule has 0 aliphatic rings. The van der Waals surface area contributed by atoms with Crippen LogP contribution in [0, 0.1) is 0 Å². The smallest absolute Gasteiger partial charge is 0.302 e. The third-order valence-electron chi connectivity index (χ3n) is 7.05. The monoisotopic (exact) mass is 668 g/mol. The second-order valence-corrected chi connectivity index (χ2v) is 14.5. The average Bonchev–Trinajstić information content (AvgIpc) is 2.97. The van der Waals surface area contributed by atoms with Crippen molar-refractivity contribution < 1.29 is 19.4 Å². The van der Waals surface area contributed by atoms with E-state index in [1.54, 1.807) is 0 Å². The van der Waals surface area contributed by atoms with Gasteiger partial charge in [0.1, 0.15) is 6.61 Å². The molecule has 0 radical (unpaired) electrons. The first kappa shape index (κ1) is 47.5. The number of rotatable bonds is 31. The minimum absolute atomic E-state index is 0.166.